The second-order valence-corrected chi connectivity index (χ2v) is 6.74. The summed E-state index contributed by atoms with van der Waals surface area (Å²) in [5, 5.41) is 1.72. The van der Waals surface area contributed by atoms with Gasteiger partial charge >= 0.3 is 0 Å². The minimum atomic E-state index is -3.34. The van der Waals surface area contributed by atoms with Gasteiger partial charge in [-0.25, -0.2) is 8.42 Å². The van der Waals surface area contributed by atoms with Crippen LogP contribution in [0.5, 0.6) is 0 Å². The second-order valence-electron chi connectivity index (χ2n) is 3.04. The summed E-state index contributed by atoms with van der Waals surface area (Å²) in [7, 11) is -3.34. The summed E-state index contributed by atoms with van der Waals surface area (Å²) in [6.07, 6.45) is 0. The molecular weight excluding hydrogens is 194 g/mol. The van der Waals surface area contributed by atoms with Gasteiger partial charge in [0.1, 0.15) is 9.08 Å². The van der Waals surface area contributed by atoms with Crippen molar-refractivity contribution in [1.29, 1.82) is 0 Å². The Morgan fingerprint density at radius 1 is 1.50 bits per heavy atom. The van der Waals surface area contributed by atoms with Crippen molar-refractivity contribution in [3.05, 3.63) is 17.5 Å². The van der Waals surface area contributed by atoms with Crippen LogP contribution in [0.25, 0.3) is 0 Å². The SMILES string of the molecule is CC(C)(N)S(=O)(=O)c1cccs1. The van der Waals surface area contributed by atoms with E-state index in [2.05, 4.69) is 0 Å². The van der Waals surface area contributed by atoms with Crippen LogP contribution in [0.1, 0.15) is 13.8 Å². The predicted molar refractivity (Wildman–Crippen MR) is 49.8 cm³/mol. The molecule has 0 bridgehead atoms. The summed E-state index contributed by atoms with van der Waals surface area (Å²) in [4.78, 5) is -1.20. The Balaban J connectivity index is 3.22. The molecule has 0 aromatic carbocycles. The first-order chi connectivity index (χ1) is 5.36. The molecule has 5 heteroatoms. The zero-order valence-corrected chi connectivity index (χ0v) is 8.58. The van der Waals surface area contributed by atoms with Gasteiger partial charge in [0.25, 0.3) is 0 Å². The monoisotopic (exact) mass is 205 g/mol. The molecule has 0 spiro atoms. The van der Waals surface area contributed by atoms with E-state index < -0.39 is 14.7 Å². The highest BCUT2D eigenvalue weighted by molar-refractivity contribution is 7.94. The van der Waals surface area contributed by atoms with Gasteiger partial charge in [-0.2, -0.15) is 0 Å². The number of hydrogen-bond acceptors (Lipinski definition) is 4. The Hall–Kier alpha value is -0.390. The molecule has 0 saturated heterocycles. The first-order valence-corrected chi connectivity index (χ1v) is 5.79. The summed E-state index contributed by atoms with van der Waals surface area (Å²) in [6.45, 7) is 2.98. The molecule has 0 radical (unpaired) electrons. The Bertz CT molecular complexity index is 345. The van der Waals surface area contributed by atoms with Crippen LogP contribution in [0.2, 0.25) is 0 Å². The van der Waals surface area contributed by atoms with Crippen molar-refractivity contribution < 1.29 is 8.42 Å². The highest BCUT2D eigenvalue weighted by Gasteiger charge is 2.32. The van der Waals surface area contributed by atoms with Gasteiger partial charge in [0.15, 0.2) is 0 Å². The van der Waals surface area contributed by atoms with Crippen molar-refractivity contribution in [2.45, 2.75) is 22.9 Å². The van der Waals surface area contributed by atoms with Crippen LogP contribution < -0.4 is 5.73 Å². The van der Waals surface area contributed by atoms with Crippen LogP contribution >= 0.6 is 11.3 Å². The van der Waals surface area contributed by atoms with Crippen molar-refractivity contribution in [2.75, 3.05) is 0 Å². The minimum Gasteiger partial charge on any atom is -0.313 e. The van der Waals surface area contributed by atoms with Gasteiger partial charge in [-0.1, -0.05) is 6.07 Å². The lowest BCUT2D eigenvalue weighted by Gasteiger charge is -2.17. The van der Waals surface area contributed by atoms with Gasteiger partial charge in [0, 0.05) is 0 Å². The Morgan fingerprint density at radius 3 is 2.42 bits per heavy atom. The molecule has 0 atom stereocenters. The van der Waals surface area contributed by atoms with Crippen LogP contribution in [0.4, 0.5) is 0 Å². The largest absolute Gasteiger partial charge is 0.313 e. The zero-order chi connectivity index (χ0) is 9.41. The van der Waals surface area contributed by atoms with Crippen LogP contribution in [0, 0.1) is 0 Å². The molecule has 0 aliphatic heterocycles. The molecule has 1 aromatic heterocycles. The fraction of sp³-hybridized carbons (Fsp3) is 0.429. The van der Waals surface area contributed by atoms with Gasteiger partial charge in [0.2, 0.25) is 9.84 Å². The van der Waals surface area contributed by atoms with Crippen LogP contribution in [0.3, 0.4) is 0 Å². The lowest BCUT2D eigenvalue weighted by atomic mass is 10.4. The van der Waals surface area contributed by atoms with Crippen LogP contribution in [-0.4, -0.2) is 13.3 Å². The van der Waals surface area contributed by atoms with Gasteiger partial charge in [0.05, 0.1) is 0 Å². The molecule has 0 saturated carbocycles. The van der Waals surface area contributed by atoms with Crippen LogP contribution in [-0.2, 0) is 9.84 Å². The molecular formula is C7H11NO2S2. The zero-order valence-electron chi connectivity index (χ0n) is 6.94. The second kappa shape index (κ2) is 2.83. The van der Waals surface area contributed by atoms with E-state index in [1.807, 2.05) is 0 Å². The Kier molecular flexibility index (Phi) is 2.29. The molecule has 1 rings (SSSR count). The van der Waals surface area contributed by atoms with E-state index in [4.69, 9.17) is 5.73 Å². The number of sulfone groups is 1. The molecule has 68 valence electrons. The highest BCUT2D eigenvalue weighted by atomic mass is 32.2. The molecule has 12 heavy (non-hydrogen) atoms. The van der Waals surface area contributed by atoms with Crippen molar-refractivity contribution in [1.82, 2.24) is 0 Å². The molecule has 2 N–H and O–H groups in total. The van der Waals surface area contributed by atoms with Gasteiger partial charge in [-0.05, 0) is 25.3 Å². The molecule has 3 nitrogen and oxygen atoms in total. The minimum absolute atomic E-state index is 0.329. The van der Waals surface area contributed by atoms with Crippen molar-refractivity contribution in [2.24, 2.45) is 5.73 Å². The third-order valence-electron chi connectivity index (χ3n) is 1.45. The normalized spacial score (nSPS) is 13.2. The lowest BCUT2D eigenvalue weighted by molar-refractivity contribution is 0.555. The molecule has 1 aromatic rings. The van der Waals surface area contributed by atoms with E-state index in [1.54, 1.807) is 17.5 Å². The van der Waals surface area contributed by atoms with Crippen molar-refractivity contribution in [3.8, 4) is 0 Å². The van der Waals surface area contributed by atoms with E-state index >= 15 is 0 Å². The van der Waals surface area contributed by atoms with E-state index in [-0.39, 0.29) is 0 Å². The maximum absolute atomic E-state index is 11.6. The molecule has 0 aliphatic rings. The third-order valence-corrected chi connectivity index (χ3v) is 5.11. The predicted octanol–water partition coefficient (Wildman–Crippen LogP) is 1.22. The number of thiophene rings is 1. The van der Waals surface area contributed by atoms with E-state index in [0.29, 0.717) is 4.21 Å². The third kappa shape index (κ3) is 1.53. The summed E-state index contributed by atoms with van der Waals surface area (Å²) < 4.78 is 23.5. The van der Waals surface area contributed by atoms with Crippen LogP contribution in [0.15, 0.2) is 21.7 Å². The smallest absolute Gasteiger partial charge is 0.205 e. The first kappa shape index (κ1) is 9.70. The Labute approximate surface area is 76.1 Å². The summed E-state index contributed by atoms with van der Waals surface area (Å²) in [6, 6.07) is 3.26. The highest BCUT2D eigenvalue weighted by Crippen LogP contribution is 2.24. The lowest BCUT2D eigenvalue weighted by Crippen LogP contribution is -2.40. The number of rotatable bonds is 2. The van der Waals surface area contributed by atoms with Gasteiger partial charge < -0.3 is 5.73 Å². The van der Waals surface area contributed by atoms with Crippen molar-refractivity contribution in [3.63, 3.8) is 0 Å². The topological polar surface area (TPSA) is 60.2 Å². The fourth-order valence-electron chi connectivity index (χ4n) is 0.676. The number of hydrogen-bond donors (Lipinski definition) is 1. The first-order valence-electron chi connectivity index (χ1n) is 3.43. The molecule has 0 unspecified atom stereocenters. The van der Waals surface area contributed by atoms with Crippen molar-refractivity contribution >= 4 is 21.2 Å². The summed E-state index contributed by atoms with van der Waals surface area (Å²) in [5.41, 5.74) is 5.52. The molecule has 0 amide bonds. The quantitative estimate of drug-likeness (QED) is 0.789. The number of nitrogens with two attached hydrogens (primary N) is 1. The van der Waals surface area contributed by atoms with Gasteiger partial charge in [-0.15, -0.1) is 11.3 Å². The molecule has 1 heterocycles. The Morgan fingerprint density at radius 2 is 2.08 bits per heavy atom. The maximum Gasteiger partial charge on any atom is 0.205 e. The molecule has 0 aliphatic carbocycles. The van der Waals surface area contributed by atoms with E-state index in [0.717, 1.165) is 0 Å². The van der Waals surface area contributed by atoms with E-state index in [1.165, 1.54) is 25.2 Å². The molecule has 0 fully saturated rings. The maximum atomic E-state index is 11.6. The average molecular weight is 205 g/mol. The summed E-state index contributed by atoms with van der Waals surface area (Å²) >= 11 is 1.19. The summed E-state index contributed by atoms with van der Waals surface area (Å²) in [5.74, 6) is 0. The fourth-order valence-corrected chi connectivity index (χ4v) is 3.22. The van der Waals surface area contributed by atoms with E-state index in [9.17, 15) is 8.42 Å². The standard InChI is InChI=1S/C7H11NO2S2/c1-7(2,8)12(9,10)6-4-3-5-11-6/h3-5H,8H2,1-2H3. The van der Waals surface area contributed by atoms with Gasteiger partial charge in [-0.3, -0.25) is 0 Å². The average Bonchev–Trinajstić information content (AvgIpc) is 2.34.